The van der Waals surface area contributed by atoms with Gasteiger partial charge in [0.05, 0.1) is 6.04 Å². The quantitative estimate of drug-likeness (QED) is 0.522. The number of ether oxygens (including phenoxy) is 1. The molecule has 1 unspecified atom stereocenters. The van der Waals surface area contributed by atoms with Crippen LogP contribution in [0.4, 0.5) is 14.9 Å². The van der Waals surface area contributed by atoms with Gasteiger partial charge in [-0.3, -0.25) is 9.78 Å². The Labute approximate surface area is 186 Å². The summed E-state index contributed by atoms with van der Waals surface area (Å²) in [5, 5.41) is 0. The van der Waals surface area contributed by atoms with Crippen LogP contribution in [0.5, 0.6) is 5.75 Å². The smallest absolute Gasteiger partial charge is 0.410 e. The van der Waals surface area contributed by atoms with Crippen LogP contribution in [0.2, 0.25) is 0 Å². The molecule has 164 valence electrons. The highest BCUT2D eigenvalue weighted by molar-refractivity contribution is 5.76. The second-order valence-electron chi connectivity index (χ2n) is 7.72. The van der Waals surface area contributed by atoms with Crippen molar-refractivity contribution in [1.29, 1.82) is 0 Å². The van der Waals surface area contributed by atoms with Crippen molar-refractivity contribution < 1.29 is 18.7 Å². The summed E-state index contributed by atoms with van der Waals surface area (Å²) in [5.41, 5.74) is 1.57. The number of nitrogens with zero attached hydrogens (tertiary/aromatic N) is 3. The zero-order chi connectivity index (χ0) is 22.3. The van der Waals surface area contributed by atoms with Crippen molar-refractivity contribution in [1.82, 2.24) is 9.88 Å². The van der Waals surface area contributed by atoms with Gasteiger partial charge < -0.3 is 14.5 Å². The molecule has 2 heterocycles. The minimum absolute atomic E-state index is 0.105. The highest BCUT2D eigenvalue weighted by Crippen LogP contribution is 2.37. The van der Waals surface area contributed by atoms with E-state index in [9.17, 15) is 14.0 Å². The molecule has 0 N–H and O–H groups in total. The highest BCUT2D eigenvalue weighted by atomic mass is 19.1. The topological polar surface area (TPSA) is 62.7 Å². The summed E-state index contributed by atoms with van der Waals surface area (Å²) in [6, 6.07) is 18.4. The molecule has 1 fully saturated rings. The lowest BCUT2D eigenvalue weighted by Crippen LogP contribution is -2.44. The van der Waals surface area contributed by atoms with Crippen molar-refractivity contribution >= 4 is 18.2 Å². The van der Waals surface area contributed by atoms with Gasteiger partial charge in [0, 0.05) is 31.2 Å². The van der Waals surface area contributed by atoms with Gasteiger partial charge in [0.15, 0.2) is 0 Å². The van der Waals surface area contributed by atoms with Crippen LogP contribution in [0, 0.1) is 11.7 Å². The number of amides is 2. The summed E-state index contributed by atoms with van der Waals surface area (Å²) in [4.78, 5) is 32.1. The Hall–Kier alpha value is -3.74. The first kappa shape index (κ1) is 21.5. The SMILES string of the molecule is O=CN(c1ccc(F)cc1)C(c1ccncc1)C1CCN(C(=O)Oc2ccccc2)CC1. The van der Waals surface area contributed by atoms with E-state index in [0.717, 1.165) is 12.0 Å². The summed E-state index contributed by atoms with van der Waals surface area (Å²) in [6.07, 6.45) is 5.20. The van der Waals surface area contributed by atoms with Gasteiger partial charge >= 0.3 is 6.09 Å². The first-order valence-corrected chi connectivity index (χ1v) is 10.6. The highest BCUT2D eigenvalue weighted by Gasteiger charge is 2.34. The number of carbonyl (C=O) groups is 2. The molecule has 0 bridgehead atoms. The fourth-order valence-electron chi connectivity index (χ4n) is 4.17. The largest absolute Gasteiger partial charge is 0.415 e. The molecule has 1 atom stereocenters. The number of halogens is 1. The molecule has 1 saturated heterocycles. The summed E-state index contributed by atoms with van der Waals surface area (Å²) in [5.74, 6) is 0.261. The second-order valence-corrected chi connectivity index (χ2v) is 7.72. The Kier molecular flexibility index (Phi) is 6.75. The van der Waals surface area contributed by atoms with Crippen molar-refractivity contribution in [3.8, 4) is 5.75 Å². The van der Waals surface area contributed by atoms with Crippen molar-refractivity contribution in [3.63, 3.8) is 0 Å². The minimum atomic E-state index is -0.374. The molecular weight excluding hydrogens is 409 g/mol. The first-order valence-electron chi connectivity index (χ1n) is 10.6. The van der Waals surface area contributed by atoms with E-state index in [1.807, 2.05) is 30.3 Å². The predicted octanol–water partition coefficient (Wildman–Crippen LogP) is 4.84. The molecule has 1 aliphatic rings. The van der Waals surface area contributed by atoms with Crippen LogP contribution in [-0.4, -0.2) is 35.5 Å². The molecular formula is C25H24FN3O3. The minimum Gasteiger partial charge on any atom is -0.410 e. The monoisotopic (exact) mass is 433 g/mol. The number of rotatable bonds is 6. The number of para-hydroxylation sites is 1. The van der Waals surface area contributed by atoms with E-state index in [2.05, 4.69) is 4.98 Å². The molecule has 32 heavy (non-hydrogen) atoms. The maximum absolute atomic E-state index is 13.4. The third kappa shape index (κ3) is 4.94. The molecule has 2 amide bonds. The Morgan fingerprint density at radius 1 is 1.03 bits per heavy atom. The van der Waals surface area contributed by atoms with Gasteiger partial charge in [-0.05, 0) is 72.9 Å². The van der Waals surface area contributed by atoms with Crippen LogP contribution in [0.25, 0.3) is 0 Å². The van der Waals surface area contributed by atoms with Crippen LogP contribution < -0.4 is 9.64 Å². The van der Waals surface area contributed by atoms with Crippen molar-refractivity contribution in [2.45, 2.75) is 18.9 Å². The van der Waals surface area contributed by atoms with Crippen LogP contribution in [-0.2, 0) is 4.79 Å². The Morgan fingerprint density at radius 3 is 2.31 bits per heavy atom. The number of benzene rings is 2. The van der Waals surface area contributed by atoms with Gasteiger partial charge in [-0.25, -0.2) is 9.18 Å². The maximum Gasteiger partial charge on any atom is 0.415 e. The van der Waals surface area contributed by atoms with Gasteiger partial charge in [0.25, 0.3) is 0 Å². The lowest BCUT2D eigenvalue weighted by Gasteiger charge is -2.39. The van der Waals surface area contributed by atoms with E-state index in [0.29, 0.717) is 37.4 Å². The third-order valence-corrected chi connectivity index (χ3v) is 5.78. The van der Waals surface area contributed by atoms with E-state index >= 15 is 0 Å². The lowest BCUT2D eigenvalue weighted by atomic mass is 9.84. The number of hydrogen-bond acceptors (Lipinski definition) is 4. The number of pyridine rings is 1. The Morgan fingerprint density at radius 2 is 1.69 bits per heavy atom. The molecule has 6 nitrogen and oxygen atoms in total. The fraction of sp³-hybridized carbons (Fsp3) is 0.240. The van der Waals surface area contributed by atoms with Gasteiger partial charge in [-0.1, -0.05) is 18.2 Å². The third-order valence-electron chi connectivity index (χ3n) is 5.78. The van der Waals surface area contributed by atoms with E-state index in [1.165, 1.54) is 12.1 Å². The maximum atomic E-state index is 13.4. The van der Waals surface area contributed by atoms with Crippen LogP contribution in [0.1, 0.15) is 24.4 Å². The zero-order valence-electron chi connectivity index (χ0n) is 17.5. The van der Waals surface area contributed by atoms with E-state index < -0.39 is 0 Å². The number of aromatic nitrogens is 1. The van der Waals surface area contributed by atoms with Crippen LogP contribution in [0.15, 0.2) is 79.1 Å². The van der Waals surface area contributed by atoms with Crippen molar-refractivity contribution in [2.24, 2.45) is 5.92 Å². The van der Waals surface area contributed by atoms with Crippen molar-refractivity contribution in [3.05, 3.63) is 90.5 Å². The number of likely N-dealkylation sites (tertiary alicyclic amines) is 1. The van der Waals surface area contributed by atoms with E-state index in [1.54, 1.807) is 46.5 Å². The van der Waals surface area contributed by atoms with E-state index in [-0.39, 0.29) is 23.9 Å². The standard InChI is InChI=1S/C25H24FN3O3/c26-21-6-8-22(9-7-21)29(18-30)24(19-10-14-27-15-11-19)20-12-16-28(17-13-20)25(31)32-23-4-2-1-3-5-23/h1-11,14-15,18,20,24H,12-13,16-17H2. The molecule has 0 saturated carbocycles. The van der Waals surface area contributed by atoms with Gasteiger partial charge in [0.1, 0.15) is 11.6 Å². The Bertz CT molecular complexity index is 1020. The summed E-state index contributed by atoms with van der Waals surface area (Å²) in [6.45, 7) is 1.04. The number of hydrogen-bond donors (Lipinski definition) is 0. The Balaban J connectivity index is 1.51. The summed E-state index contributed by atoms with van der Waals surface area (Å²) < 4.78 is 18.9. The first-order chi connectivity index (χ1) is 15.7. The van der Waals surface area contributed by atoms with Crippen LogP contribution >= 0.6 is 0 Å². The number of piperidine rings is 1. The van der Waals surface area contributed by atoms with Gasteiger partial charge in [-0.15, -0.1) is 0 Å². The summed E-state index contributed by atoms with van der Waals surface area (Å²) in [7, 11) is 0. The molecule has 0 spiro atoms. The molecule has 1 aromatic heterocycles. The second kappa shape index (κ2) is 10.0. The molecule has 4 rings (SSSR count). The molecule has 0 radical (unpaired) electrons. The molecule has 7 heteroatoms. The number of carbonyl (C=O) groups excluding carboxylic acids is 2. The van der Waals surface area contributed by atoms with Gasteiger partial charge in [-0.2, -0.15) is 0 Å². The average Bonchev–Trinajstić information content (AvgIpc) is 2.84. The zero-order valence-corrected chi connectivity index (χ0v) is 17.5. The summed E-state index contributed by atoms with van der Waals surface area (Å²) >= 11 is 0. The molecule has 2 aromatic carbocycles. The normalized spacial score (nSPS) is 15.1. The van der Waals surface area contributed by atoms with Crippen LogP contribution in [0.3, 0.4) is 0 Å². The fourth-order valence-corrected chi connectivity index (χ4v) is 4.17. The van der Waals surface area contributed by atoms with Crippen molar-refractivity contribution in [2.75, 3.05) is 18.0 Å². The lowest BCUT2D eigenvalue weighted by molar-refractivity contribution is -0.108. The number of anilines is 1. The predicted molar refractivity (Wildman–Crippen MR) is 119 cm³/mol. The van der Waals surface area contributed by atoms with Gasteiger partial charge in [0.2, 0.25) is 6.41 Å². The average molecular weight is 433 g/mol. The molecule has 1 aliphatic heterocycles. The molecule has 0 aliphatic carbocycles. The van der Waals surface area contributed by atoms with E-state index in [4.69, 9.17) is 4.74 Å². The molecule has 3 aromatic rings.